The van der Waals surface area contributed by atoms with Gasteiger partial charge in [0.25, 0.3) is 6.01 Å². The molecular weight excluding hydrogens is 440 g/mol. The Morgan fingerprint density at radius 1 is 1.35 bits per heavy atom. The Hall–Kier alpha value is -2.52. The summed E-state index contributed by atoms with van der Waals surface area (Å²) in [4.78, 5) is 25.3. The van der Waals surface area contributed by atoms with E-state index >= 15 is 0 Å². The first kappa shape index (κ1) is 21.7. The van der Waals surface area contributed by atoms with Crippen LogP contribution in [0.25, 0.3) is 21.7 Å². The molecule has 0 spiro atoms. The number of halogens is 1. The molecule has 166 valence electrons. The Balaban J connectivity index is 1.65. The third-order valence-corrected chi connectivity index (χ3v) is 6.04. The average molecular weight is 465 g/mol. The van der Waals surface area contributed by atoms with Gasteiger partial charge in [-0.15, -0.1) is 11.3 Å². The van der Waals surface area contributed by atoms with Crippen molar-refractivity contribution in [2.75, 3.05) is 31.6 Å². The molecule has 0 bridgehead atoms. The molecule has 1 amide bonds. The molecule has 2 aromatic heterocycles. The van der Waals surface area contributed by atoms with E-state index in [-0.39, 0.29) is 12.1 Å². The van der Waals surface area contributed by atoms with E-state index < -0.39 is 5.60 Å². The lowest BCUT2D eigenvalue weighted by Gasteiger charge is -2.39. The summed E-state index contributed by atoms with van der Waals surface area (Å²) in [5, 5.41) is 3.14. The number of anilines is 1. The highest BCUT2D eigenvalue weighted by atomic mass is 35.5. The highest BCUT2D eigenvalue weighted by molar-refractivity contribution is 7.13. The van der Waals surface area contributed by atoms with Crippen molar-refractivity contribution in [1.29, 1.82) is 0 Å². The predicted octanol–water partition coefficient (Wildman–Crippen LogP) is 5.06. The van der Waals surface area contributed by atoms with Crippen LogP contribution in [-0.2, 0) is 4.74 Å². The summed E-state index contributed by atoms with van der Waals surface area (Å²) in [5.74, 6) is 0.465. The topological polar surface area (TPSA) is 80.9 Å². The highest BCUT2D eigenvalue weighted by Crippen LogP contribution is 2.42. The second-order valence-electron chi connectivity index (χ2n) is 8.42. The van der Waals surface area contributed by atoms with E-state index in [1.807, 2.05) is 38.0 Å². The number of hydrogen-bond donors (Lipinski definition) is 0. The van der Waals surface area contributed by atoms with E-state index in [4.69, 9.17) is 30.5 Å². The summed E-state index contributed by atoms with van der Waals surface area (Å²) in [6, 6.07) is 2.24. The Bertz CT molecular complexity index is 1090. The van der Waals surface area contributed by atoms with Crippen molar-refractivity contribution in [1.82, 2.24) is 14.9 Å². The van der Waals surface area contributed by atoms with Gasteiger partial charge in [0.2, 0.25) is 0 Å². The van der Waals surface area contributed by atoms with Crippen LogP contribution in [0.2, 0.25) is 5.02 Å². The van der Waals surface area contributed by atoms with Gasteiger partial charge in [-0.2, -0.15) is 4.98 Å². The fraction of sp³-hybridized carbons (Fsp3) is 0.476. The van der Waals surface area contributed by atoms with Gasteiger partial charge in [0.05, 0.1) is 17.7 Å². The molecule has 1 aromatic carbocycles. The van der Waals surface area contributed by atoms with Crippen LogP contribution < -0.4 is 9.64 Å². The number of benzene rings is 1. The molecule has 0 radical (unpaired) electrons. The number of carbonyl (C=O) groups excluding carboxylic acids is 1. The first-order valence-corrected chi connectivity index (χ1v) is 11.2. The SMILES string of the molecule is COc1c(Cl)cc(-c2nccs2)c2oc(N3CCN(C(=O)OC(C)(C)C)C[C@@H]3C)nc12. The molecule has 1 fully saturated rings. The van der Waals surface area contributed by atoms with Crippen molar-refractivity contribution in [2.24, 2.45) is 0 Å². The van der Waals surface area contributed by atoms with Gasteiger partial charge in [0.1, 0.15) is 10.6 Å². The zero-order valence-electron chi connectivity index (χ0n) is 18.1. The summed E-state index contributed by atoms with van der Waals surface area (Å²) in [7, 11) is 1.56. The average Bonchev–Trinajstić information content (AvgIpc) is 3.36. The highest BCUT2D eigenvalue weighted by Gasteiger charge is 2.33. The normalized spacial score (nSPS) is 17.3. The van der Waals surface area contributed by atoms with Gasteiger partial charge in [-0.05, 0) is 33.8 Å². The molecule has 31 heavy (non-hydrogen) atoms. The molecule has 10 heteroatoms. The van der Waals surface area contributed by atoms with Crippen LogP contribution in [0.1, 0.15) is 27.7 Å². The van der Waals surface area contributed by atoms with Gasteiger partial charge in [-0.25, -0.2) is 9.78 Å². The lowest BCUT2D eigenvalue weighted by atomic mass is 10.2. The quantitative estimate of drug-likeness (QED) is 0.535. The zero-order chi connectivity index (χ0) is 22.3. The number of thiazole rings is 1. The van der Waals surface area contributed by atoms with Gasteiger partial charge in [0, 0.05) is 37.3 Å². The number of rotatable bonds is 3. The summed E-state index contributed by atoms with van der Waals surface area (Å²) in [6.07, 6.45) is 1.43. The van der Waals surface area contributed by atoms with Crippen LogP contribution in [0, 0.1) is 0 Å². The van der Waals surface area contributed by atoms with Crippen LogP contribution in [0.5, 0.6) is 5.75 Å². The number of amides is 1. The predicted molar refractivity (Wildman–Crippen MR) is 121 cm³/mol. The summed E-state index contributed by atoms with van der Waals surface area (Å²) >= 11 is 7.95. The van der Waals surface area contributed by atoms with E-state index in [0.29, 0.717) is 47.5 Å². The Labute approximate surface area is 189 Å². The Kier molecular flexibility index (Phi) is 5.74. The first-order valence-electron chi connectivity index (χ1n) is 9.99. The third kappa shape index (κ3) is 4.29. The van der Waals surface area contributed by atoms with E-state index in [9.17, 15) is 4.79 Å². The maximum absolute atomic E-state index is 12.4. The maximum atomic E-state index is 12.4. The van der Waals surface area contributed by atoms with E-state index in [2.05, 4.69) is 4.98 Å². The first-order chi connectivity index (χ1) is 14.7. The van der Waals surface area contributed by atoms with Gasteiger partial charge in [-0.1, -0.05) is 11.6 Å². The van der Waals surface area contributed by atoms with Crippen molar-refractivity contribution in [2.45, 2.75) is 39.3 Å². The fourth-order valence-electron chi connectivity index (χ4n) is 3.58. The van der Waals surface area contributed by atoms with Crippen molar-refractivity contribution in [3.05, 3.63) is 22.7 Å². The second-order valence-corrected chi connectivity index (χ2v) is 9.72. The van der Waals surface area contributed by atoms with Crippen LogP contribution in [0.3, 0.4) is 0 Å². The Morgan fingerprint density at radius 3 is 2.74 bits per heavy atom. The second kappa shape index (κ2) is 8.20. The third-order valence-electron chi connectivity index (χ3n) is 4.96. The molecule has 0 aliphatic carbocycles. The molecule has 3 aromatic rings. The monoisotopic (exact) mass is 464 g/mol. The van der Waals surface area contributed by atoms with Gasteiger partial charge < -0.3 is 23.7 Å². The summed E-state index contributed by atoms with van der Waals surface area (Å²) in [6.45, 7) is 9.19. The molecule has 1 atom stereocenters. The molecule has 0 unspecified atom stereocenters. The largest absolute Gasteiger partial charge is 0.493 e. The van der Waals surface area contributed by atoms with Crippen LogP contribution >= 0.6 is 22.9 Å². The number of ether oxygens (including phenoxy) is 2. The van der Waals surface area contributed by atoms with Gasteiger partial charge in [-0.3, -0.25) is 0 Å². The number of hydrogen-bond acceptors (Lipinski definition) is 8. The molecular formula is C21H25ClN4O4S. The van der Waals surface area contributed by atoms with Crippen LogP contribution in [0.4, 0.5) is 10.8 Å². The molecule has 1 saturated heterocycles. The molecule has 1 aliphatic rings. The number of methoxy groups -OCH3 is 1. The number of piperazine rings is 1. The minimum absolute atomic E-state index is 0.0147. The molecule has 8 nitrogen and oxygen atoms in total. The lowest BCUT2D eigenvalue weighted by Crippen LogP contribution is -2.54. The number of carbonyl (C=O) groups is 1. The minimum Gasteiger partial charge on any atom is -0.493 e. The summed E-state index contributed by atoms with van der Waals surface area (Å²) in [5.41, 5.74) is 1.37. The number of oxazole rings is 1. The van der Waals surface area contributed by atoms with E-state index in [0.717, 1.165) is 10.6 Å². The fourth-order valence-corrected chi connectivity index (χ4v) is 4.51. The van der Waals surface area contributed by atoms with Crippen LogP contribution in [-0.4, -0.2) is 59.3 Å². The van der Waals surface area contributed by atoms with Gasteiger partial charge >= 0.3 is 6.09 Å². The van der Waals surface area contributed by atoms with E-state index in [1.54, 1.807) is 24.3 Å². The van der Waals surface area contributed by atoms with Crippen molar-refractivity contribution >= 4 is 46.1 Å². The number of nitrogens with zero attached hydrogens (tertiary/aromatic N) is 4. The smallest absolute Gasteiger partial charge is 0.410 e. The Morgan fingerprint density at radius 2 is 2.13 bits per heavy atom. The standard InChI is InChI=1S/C21H25ClN4O4S/c1-12-11-25(20(27)30-21(2,3)4)7-8-26(12)19-24-15-16(29-19)13(18-23-6-9-31-18)10-14(22)17(15)28-5/h6,9-10,12H,7-8,11H2,1-5H3/t12-/m0/s1. The van der Waals surface area contributed by atoms with Crippen LogP contribution in [0.15, 0.2) is 22.1 Å². The molecule has 0 saturated carbocycles. The summed E-state index contributed by atoms with van der Waals surface area (Å²) < 4.78 is 17.2. The van der Waals surface area contributed by atoms with E-state index in [1.165, 1.54) is 11.3 Å². The number of fused-ring (bicyclic) bond motifs is 1. The van der Waals surface area contributed by atoms with Crippen molar-refractivity contribution in [3.63, 3.8) is 0 Å². The van der Waals surface area contributed by atoms with Crippen molar-refractivity contribution < 1.29 is 18.7 Å². The number of aromatic nitrogens is 2. The molecule has 3 heterocycles. The minimum atomic E-state index is -0.528. The van der Waals surface area contributed by atoms with Gasteiger partial charge in [0.15, 0.2) is 16.8 Å². The molecule has 1 aliphatic heterocycles. The zero-order valence-corrected chi connectivity index (χ0v) is 19.7. The lowest BCUT2D eigenvalue weighted by molar-refractivity contribution is 0.0216. The maximum Gasteiger partial charge on any atom is 0.410 e. The molecule has 0 N–H and O–H groups in total. The molecule has 4 rings (SSSR count). The van der Waals surface area contributed by atoms with Crippen molar-refractivity contribution in [3.8, 4) is 16.3 Å².